The van der Waals surface area contributed by atoms with E-state index in [0.29, 0.717) is 60.1 Å². The average molecular weight is 811 g/mol. The molecule has 1 saturated carbocycles. The highest BCUT2D eigenvalue weighted by atomic mass is 16.7. The molecule has 0 spiro atoms. The van der Waals surface area contributed by atoms with Crippen molar-refractivity contribution in [1.82, 2.24) is 4.90 Å². The number of unbranched alkanes of at least 4 members (excludes halogenated alkanes) is 2. The fraction of sp³-hybridized carbons (Fsp3) is 0.468. The Morgan fingerprint density at radius 1 is 1.00 bits per heavy atom. The Morgan fingerprint density at radius 3 is 2.44 bits per heavy atom. The number of methoxy groups -OCH3 is 1. The molecule has 3 aromatic rings. The first kappa shape index (κ1) is 43.4. The Balaban J connectivity index is 1.53. The van der Waals surface area contributed by atoms with E-state index in [9.17, 15) is 19.8 Å². The van der Waals surface area contributed by atoms with Gasteiger partial charge in [0.2, 0.25) is 5.79 Å². The number of carbonyl (C=O) groups is 2. The Bertz CT molecular complexity index is 1950. The van der Waals surface area contributed by atoms with Crippen LogP contribution < -0.4 is 14.2 Å². The lowest BCUT2D eigenvalue weighted by Crippen LogP contribution is -2.70. The lowest BCUT2D eigenvalue weighted by Gasteiger charge is -2.59. The van der Waals surface area contributed by atoms with E-state index < -0.39 is 23.8 Å². The average Bonchev–Trinajstić information content (AvgIpc) is 3.26. The highest BCUT2D eigenvalue weighted by molar-refractivity contribution is 6.03. The quantitative estimate of drug-likeness (QED) is 0.0464. The molecule has 2 N–H and O–H groups in total. The molecule has 3 aliphatic rings. The van der Waals surface area contributed by atoms with Gasteiger partial charge in [0, 0.05) is 37.7 Å². The van der Waals surface area contributed by atoms with Gasteiger partial charge in [-0.05, 0) is 91.5 Å². The number of nitrogens with zero attached hydrogens (tertiary/aromatic N) is 2. The van der Waals surface area contributed by atoms with Crippen molar-refractivity contribution in [3.63, 3.8) is 0 Å². The number of amides is 1. The number of benzene rings is 3. The summed E-state index contributed by atoms with van der Waals surface area (Å²) in [6.45, 7) is 6.81. The molecular formula is C47H58N2O10. The van der Waals surface area contributed by atoms with Crippen LogP contribution in [0.25, 0.3) is 0 Å². The molecule has 1 aliphatic heterocycles. The fourth-order valence-electron chi connectivity index (χ4n) is 9.24. The predicted molar refractivity (Wildman–Crippen MR) is 224 cm³/mol. The van der Waals surface area contributed by atoms with Gasteiger partial charge in [0.05, 0.1) is 30.9 Å². The van der Waals surface area contributed by atoms with Gasteiger partial charge in [0.25, 0.3) is 0 Å². The Kier molecular flexibility index (Phi) is 15.2. The fourth-order valence-corrected chi connectivity index (χ4v) is 9.24. The molecule has 2 aliphatic carbocycles. The van der Waals surface area contributed by atoms with Crippen molar-refractivity contribution in [3.05, 3.63) is 108 Å². The van der Waals surface area contributed by atoms with Crippen molar-refractivity contribution in [2.75, 3.05) is 40.6 Å². The number of aldehydes is 1. The number of rotatable bonds is 21. The zero-order chi connectivity index (χ0) is 41.8. The molecule has 0 saturated heterocycles. The lowest BCUT2D eigenvalue weighted by molar-refractivity contribution is -0.255. The minimum absolute atomic E-state index is 0.0356. The van der Waals surface area contributed by atoms with Crippen molar-refractivity contribution in [3.8, 4) is 23.0 Å². The van der Waals surface area contributed by atoms with Gasteiger partial charge >= 0.3 is 6.09 Å². The van der Waals surface area contributed by atoms with Crippen LogP contribution in [0.3, 0.4) is 0 Å². The summed E-state index contributed by atoms with van der Waals surface area (Å²) in [5.41, 5.74) is 3.77. The molecule has 6 unspecified atom stereocenters. The molecule has 6 atom stereocenters. The van der Waals surface area contributed by atoms with Gasteiger partial charge in [0.15, 0.2) is 6.29 Å². The van der Waals surface area contributed by atoms with E-state index in [1.165, 1.54) is 14.2 Å². The zero-order valence-electron chi connectivity index (χ0n) is 34.4. The lowest BCUT2D eigenvalue weighted by atomic mass is 9.55. The number of hydrogen-bond donors (Lipinski definition) is 2. The van der Waals surface area contributed by atoms with Gasteiger partial charge in [-0.1, -0.05) is 67.4 Å². The minimum atomic E-state index is -1.41. The third-order valence-electron chi connectivity index (χ3n) is 11.7. The van der Waals surface area contributed by atoms with Crippen molar-refractivity contribution >= 4 is 18.1 Å². The van der Waals surface area contributed by atoms with Crippen LogP contribution in [-0.2, 0) is 20.9 Å². The standard InChI is InChI=1S/C47H58N2O10/c1-5-22-49(46(53)56-31-32-14-8-7-9-15-32)43-29-40(48-55-4)38-27-33(16-10-12-23-50)37(17-11-13-24-51)44-39-28-36(58-35-18-20-41(54-3)34(26-35)30-52)19-21-42(39)59-47(43,45(38)44)57-25-6-2/h6-9,14-15,18-21,26-28,30,33,37,43-45,50-51H,2,5,10-13,16-17,22-25,29,31H2,1,3-4H3. The molecular weight excluding hydrogens is 753 g/mol. The second-order valence-electron chi connectivity index (χ2n) is 15.3. The van der Waals surface area contributed by atoms with E-state index in [1.807, 2.05) is 55.5 Å². The van der Waals surface area contributed by atoms with E-state index in [4.69, 9.17) is 28.5 Å². The normalized spacial score (nSPS) is 23.5. The third-order valence-corrected chi connectivity index (χ3v) is 11.7. The van der Waals surface area contributed by atoms with Crippen LogP contribution in [0, 0.1) is 17.8 Å². The number of hydrogen-bond acceptors (Lipinski definition) is 11. The van der Waals surface area contributed by atoms with Crippen molar-refractivity contribution in [2.24, 2.45) is 22.9 Å². The highest BCUT2D eigenvalue weighted by Crippen LogP contribution is 2.62. The minimum Gasteiger partial charge on any atom is -0.496 e. The van der Waals surface area contributed by atoms with Crippen LogP contribution in [0.4, 0.5) is 4.79 Å². The molecule has 0 radical (unpaired) electrons. The predicted octanol–water partition coefficient (Wildman–Crippen LogP) is 8.61. The van der Waals surface area contributed by atoms with Crippen LogP contribution in [0.15, 0.2) is 96.2 Å². The maximum Gasteiger partial charge on any atom is 0.410 e. The van der Waals surface area contributed by atoms with E-state index in [0.717, 1.165) is 48.7 Å². The second-order valence-corrected chi connectivity index (χ2v) is 15.3. The molecule has 12 heteroatoms. The summed E-state index contributed by atoms with van der Waals surface area (Å²) in [5.74, 6) is 0.0446. The monoisotopic (exact) mass is 810 g/mol. The molecule has 1 fully saturated rings. The molecule has 12 nitrogen and oxygen atoms in total. The van der Waals surface area contributed by atoms with Gasteiger partial charge in [-0.3, -0.25) is 9.69 Å². The number of aliphatic hydroxyl groups is 2. The van der Waals surface area contributed by atoms with Crippen molar-refractivity contribution in [2.45, 2.75) is 82.6 Å². The van der Waals surface area contributed by atoms with E-state index in [2.05, 4.69) is 17.8 Å². The summed E-state index contributed by atoms with van der Waals surface area (Å²) in [6, 6.07) is 19.7. The third kappa shape index (κ3) is 9.51. The first-order valence-electron chi connectivity index (χ1n) is 20.8. The maximum absolute atomic E-state index is 14.4. The summed E-state index contributed by atoms with van der Waals surface area (Å²) >= 11 is 0. The van der Waals surface area contributed by atoms with Crippen LogP contribution in [-0.4, -0.2) is 85.6 Å². The summed E-state index contributed by atoms with van der Waals surface area (Å²) in [4.78, 5) is 33.6. The number of aliphatic hydroxyl groups excluding tert-OH is 2. The number of oxime groups is 1. The topological polar surface area (TPSA) is 146 Å². The highest BCUT2D eigenvalue weighted by Gasteiger charge is 2.65. The van der Waals surface area contributed by atoms with Crippen LogP contribution in [0.1, 0.15) is 85.7 Å². The number of ether oxygens (including phenoxy) is 5. The number of allylic oxidation sites excluding steroid dienone is 1. The SMILES string of the molecule is C=CCOC12Oc3ccc(Oc4ccc(OC)c(C=O)c4)cc3C3C(CCCCO)C(CCCCO)C=C(C(=NOC)CC1N(CCC)C(=O)OCc1ccccc1)C32. The molecule has 59 heavy (non-hydrogen) atoms. The first-order chi connectivity index (χ1) is 28.9. The summed E-state index contributed by atoms with van der Waals surface area (Å²) < 4.78 is 32.1. The van der Waals surface area contributed by atoms with Gasteiger partial charge in [0.1, 0.15) is 42.8 Å². The van der Waals surface area contributed by atoms with E-state index in [1.54, 1.807) is 29.2 Å². The largest absolute Gasteiger partial charge is 0.496 e. The van der Waals surface area contributed by atoms with Gasteiger partial charge < -0.3 is 38.7 Å². The molecule has 1 heterocycles. The maximum atomic E-state index is 14.4. The Hall–Kier alpha value is -5.17. The van der Waals surface area contributed by atoms with Gasteiger partial charge in [-0.2, -0.15) is 0 Å². The zero-order valence-corrected chi connectivity index (χ0v) is 34.4. The molecule has 0 bridgehead atoms. The summed E-state index contributed by atoms with van der Waals surface area (Å²) in [6.07, 6.45) is 9.67. The second kappa shape index (κ2) is 20.7. The van der Waals surface area contributed by atoms with Crippen molar-refractivity contribution < 1.29 is 48.3 Å². The smallest absolute Gasteiger partial charge is 0.410 e. The molecule has 1 amide bonds. The van der Waals surface area contributed by atoms with Gasteiger partial charge in [-0.15, -0.1) is 6.58 Å². The van der Waals surface area contributed by atoms with Crippen LogP contribution in [0.5, 0.6) is 23.0 Å². The number of carbonyl (C=O) groups excluding carboxylic acids is 2. The van der Waals surface area contributed by atoms with Crippen LogP contribution >= 0.6 is 0 Å². The van der Waals surface area contributed by atoms with E-state index >= 15 is 0 Å². The first-order valence-corrected chi connectivity index (χ1v) is 20.8. The molecule has 6 rings (SSSR count). The van der Waals surface area contributed by atoms with Gasteiger partial charge in [-0.25, -0.2) is 4.79 Å². The van der Waals surface area contributed by atoms with Crippen LogP contribution in [0.2, 0.25) is 0 Å². The van der Waals surface area contributed by atoms with E-state index in [-0.39, 0.29) is 50.6 Å². The molecule has 0 aromatic heterocycles. The summed E-state index contributed by atoms with van der Waals surface area (Å²) in [5, 5.41) is 24.4. The molecule has 316 valence electrons. The Morgan fingerprint density at radius 2 is 1.75 bits per heavy atom. The number of fused-ring (bicyclic) bond motifs is 2. The summed E-state index contributed by atoms with van der Waals surface area (Å²) in [7, 11) is 3.04. The van der Waals surface area contributed by atoms with Crippen molar-refractivity contribution in [1.29, 1.82) is 0 Å². The Labute approximate surface area is 347 Å². The molecule has 3 aromatic carbocycles.